The second-order valence-corrected chi connectivity index (χ2v) is 3.91. The van der Waals surface area contributed by atoms with Gasteiger partial charge in [0, 0.05) is 12.0 Å². The first-order chi connectivity index (χ1) is 6.29. The van der Waals surface area contributed by atoms with Crippen LogP contribution in [0.4, 0.5) is 0 Å². The molecule has 70 valence electrons. The van der Waals surface area contributed by atoms with E-state index in [9.17, 15) is 0 Å². The molecule has 1 fully saturated rings. The zero-order valence-electron chi connectivity index (χ0n) is 7.46. The van der Waals surface area contributed by atoms with E-state index < -0.39 is 0 Å². The first-order valence-corrected chi connectivity index (χ1v) is 5.26. The standard InChI is InChI=1S/C9H11BrN2O/c1-2-13-8-5-7(10)11-9(12-8)6-3-4-6/h5-6H,2-4H2,1H3. The van der Waals surface area contributed by atoms with E-state index in [2.05, 4.69) is 25.9 Å². The normalized spacial score (nSPS) is 15.8. The summed E-state index contributed by atoms with van der Waals surface area (Å²) in [5, 5.41) is 0. The van der Waals surface area contributed by atoms with Crippen molar-refractivity contribution in [3.8, 4) is 5.88 Å². The van der Waals surface area contributed by atoms with E-state index in [0.717, 1.165) is 10.4 Å². The number of hydrogen-bond donors (Lipinski definition) is 0. The number of nitrogens with zero attached hydrogens (tertiary/aromatic N) is 2. The molecule has 1 saturated carbocycles. The van der Waals surface area contributed by atoms with Gasteiger partial charge in [0.1, 0.15) is 10.4 Å². The Balaban J connectivity index is 2.25. The fraction of sp³-hybridized carbons (Fsp3) is 0.556. The van der Waals surface area contributed by atoms with Crippen molar-refractivity contribution >= 4 is 15.9 Å². The van der Waals surface area contributed by atoms with Gasteiger partial charge in [0.2, 0.25) is 5.88 Å². The molecule has 0 radical (unpaired) electrons. The first kappa shape index (κ1) is 8.94. The molecule has 0 spiro atoms. The summed E-state index contributed by atoms with van der Waals surface area (Å²) in [5.41, 5.74) is 0. The minimum atomic E-state index is 0.566. The van der Waals surface area contributed by atoms with Crippen molar-refractivity contribution in [3.05, 3.63) is 16.5 Å². The lowest BCUT2D eigenvalue weighted by atomic mass is 10.4. The molecule has 13 heavy (non-hydrogen) atoms. The highest BCUT2D eigenvalue weighted by Crippen LogP contribution is 2.38. The lowest BCUT2D eigenvalue weighted by molar-refractivity contribution is 0.324. The van der Waals surface area contributed by atoms with Crippen molar-refractivity contribution in [1.82, 2.24) is 9.97 Å². The molecule has 4 heteroatoms. The van der Waals surface area contributed by atoms with E-state index >= 15 is 0 Å². The minimum absolute atomic E-state index is 0.566. The number of halogens is 1. The van der Waals surface area contributed by atoms with Crippen LogP contribution in [0.2, 0.25) is 0 Å². The van der Waals surface area contributed by atoms with Gasteiger partial charge < -0.3 is 4.74 Å². The minimum Gasteiger partial charge on any atom is -0.478 e. The summed E-state index contributed by atoms with van der Waals surface area (Å²) in [4.78, 5) is 8.63. The van der Waals surface area contributed by atoms with E-state index in [1.54, 1.807) is 6.07 Å². The van der Waals surface area contributed by atoms with Crippen LogP contribution < -0.4 is 4.74 Å². The van der Waals surface area contributed by atoms with Crippen molar-refractivity contribution in [2.45, 2.75) is 25.7 Å². The molecule has 1 aliphatic carbocycles. The van der Waals surface area contributed by atoms with Gasteiger partial charge in [-0.15, -0.1) is 0 Å². The highest BCUT2D eigenvalue weighted by atomic mass is 79.9. The Hall–Kier alpha value is -0.640. The second kappa shape index (κ2) is 3.62. The Morgan fingerprint density at radius 1 is 1.54 bits per heavy atom. The molecular weight excluding hydrogens is 232 g/mol. The van der Waals surface area contributed by atoms with Crippen LogP contribution in [0.15, 0.2) is 10.7 Å². The predicted molar refractivity (Wildman–Crippen MR) is 52.9 cm³/mol. The van der Waals surface area contributed by atoms with Crippen molar-refractivity contribution in [1.29, 1.82) is 0 Å². The van der Waals surface area contributed by atoms with Crippen LogP contribution in [0, 0.1) is 0 Å². The molecular formula is C9H11BrN2O. The Morgan fingerprint density at radius 3 is 2.92 bits per heavy atom. The third-order valence-electron chi connectivity index (χ3n) is 1.92. The molecule has 0 amide bonds. The van der Waals surface area contributed by atoms with Gasteiger partial charge in [-0.2, -0.15) is 4.98 Å². The van der Waals surface area contributed by atoms with Crippen LogP contribution in [-0.2, 0) is 0 Å². The molecule has 0 atom stereocenters. The van der Waals surface area contributed by atoms with E-state index in [4.69, 9.17) is 4.74 Å². The average Bonchev–Trinajstić information content (AvgIpc) is 2.85. The molecule has 1 aliphatic rings. The summed E-state index contributed by atoms with van der Waals surface area (Å²) in [7, 11) is 0. The molecule has 1 aromatic heterocycles. The molecule has 1 aromatic rings. The largest absolute Gasteiger partial charge is 0.478 e. The topological polar surface area (TPSA) is 35.0 Å². The molecule has 0 N–H and O–H groups in total. The average molecular weight is 243 g/mol. The third kappa shape index (κ3) is 2.18. The fourth-order valence-electron chi connectivity index (χ4n) is 1.16. The zero-order valence-corrected chi connectivity index (χ0v) is 9.04. The summed E-state index contributed by atoms with van der Waals surface area (Å²) in [6, 6.07) is 1.80. The third-order valence-corrected chi connectivity index (χ3v) is 2.33. The van der Waals surface area contributed by atoms with Gasteiger partial charge in [-0.05, 0) is 35.7 Å². The Kier molecular flexibility index (Phi) is 2.49. The monoisotopic (exact) mass is 242 g/mol. The molecule has 0 aromatic carbocycles. The Morgan fingerprint density at radius 2 is 2.31 bits per heavy atom. The van der Waals surface area contributed by atoms with Gasteiger partial charge in [-0.3, -0.25) is 0 Å². The Bertz CT molecular complexity index is 312. The molecule has 3 nitrogen and oxygen atoms in total. The molecule has 2 rings (SSSR count). The number of rotatable bonds is 3. The van der Waals surface area contributed by atoms with Gasteiger partial charge in [0.15, 0.2) is 0 Å². The van der Waals surface area contributed by atoms with Crippen molar-refractivity contribution in [2.24, 2.45) is 0 Å². The zero-order chi connectivity index (χ0) is 9.26. The van der Waals surface area contributed by atoms with Crippen LogP contribution in [0.3, 0.4) is 0 Å². The van der Waals surface area contributed by atoms with Crippen LogP contribution in [0.25, 0.3) is 0 Å². The Labute approximate surface area is 85.7 Å². The van der Waals surface area contributed by atoms with Gasteiger partial charge in [0.25, 0.3) is 0 Å². The van der Waals surface area contributed by atoms with Crippen LogP contribution in [-0.4, -0.2) is 16.6 Å². The molecule has 0 unspecified atom stereocenters. The van der Waals surface area contributed by atoms with E-state index in [1.165, 1.54) is 12.8 Å². The highest BCUT2D eigenvalue weighted by Gasteiger charge is 2.27. The maximum atomic E-state index is 5.32. The van der Waals surface area contributed by atoms with Crippen molar-refractivity contribution < 1.29 is 4.74 Å². The predicted octanol–water partition coefficient (Wildman–Crippen LogP) is 2.52. The van der Waals surface area contributed by atoms with E-state index in [1.807, 2.05) is 6.92 Å². The quantitative estimate of drug-likeness (QED) is 0.765. The lowest BCUT2D eigenvalue weighted by Gasteiger charge is -2.04. The smallest absolute Gasteiger partial charge is 0.217 e. The van der Waals surface area contributed by atoms with Crippen LogP contribution in [0.1, 0.15) is 31.5 Å². The van der Waals surface area contributed by atoms with Crippen molar-refractivity contribution in [2.75, 3.05) is 6.61 Å². The second-order valence-electron chi connectivity index (χ2n) is 3.09. The highest BCUT2D eigenvalue weighted by molar-refractivity contribution is 9.10. The molecule has 0 aliphatic heterocycles. The summed E-state index contributed by atoms with van der Waals surface area (Å²) < 4.78 is 6.14. The molecule has 0 saturated heterocycles. The molecule has 0 bridgehead atoms. The van der Waals surface area contributed by atoms with Crippen LogP contribution in [0.5, 0.6) is 5.88 Å². The van der Waals surface area contributed by atoms with Gasteiger partial charge in [-0.1, -0.05) is 0 Å². The van der Waals surface area contributed by atoms with Crippen LogP contribution >= 0.6 is 15.9 Å². The summed E-state index contributed by atoms with van der Waals surface area (Å²) in [6.45, 7) is 2.60. The summed E-state index contributed by atoms with van der Waals surface area (Å²) >= 11 is 3.35. The fourth-order valence-corrected chi connectivity index (χ4v) is 1.54. The van der Waals surface area contributed by atoms with Gasteiger partial charge in [-0.25, -0.2) is 4.98 Å². The number of ether oxygens (including phenoxy) is 1. The maximum Gasteiger partial charge on any atom is 0.217 e. The van der Waals surface area contributed by atoms with Gasteiger partial charge >= 0.3 is 0 Å². The van der Waals surface area contributed by atoms with Crippen molar-refractivity contribution in [3.63, 3.8) is 0 Å². The maximum absolute atomic E-state index is 5.32. The summed E-state index contributed by atoms with van der Waals surface area (Å²) in [5.74, 6) is 2.15. The molecule has 1 heterocycles. The SMILES string of the molecule is CCOc1cc(Br)nc(C2CC2)n1. The lowest BCUT2D eigenvalue weighted by Crippen LogP contribution is -1.99. The summed E-state index contributed by atoms with van der Waals surface area (Å²) in [6.07, 6.45) is 2.42. The van der Waals surface area contributed by atoms with E-state index in [-0.39, 0.29) is 0 Å². The number of hydrogen-bond acceptors (Lipinski definition) is 3. The first-order valence-electron chi connectivity index (χ1n) is 4.47. The van der Waals surface area contributed by atoms with E-state index in [0.29, 0.717) is 18.4 Å². The number of aromatic nitrogens is 2. The van der Waals surface area contributed by atoms with Gasteiger partial charge in [0.05, 0.1) is 6.61 Å².